The summed E-state index contributed by atoms with van der Waals surface area (Å²) in [6.07, 6.45) is 0.515. The van der Waals surface area contributed by atoms with Gasteiger partial charge in [-0.15, -0.1) is 0 Å². The van der Waals surface area contributed by atoms with Gasteiger partial charge in [0.05, 0.1) is 29.8 Å². The molecule has 1 fully saturated rings. The molecule has 1 saturated heterocycles. The van der Waals surface area contributed by atoms with Crippen LogP contribution in [0.5, 0.6) is 5.75 Å². The molecule has 0 N–H and O–H groups in total. The number of halogens is 2. The van der Waals surface area contributed by atoms with Crippen LogP contribution in [0.15, 0.2) is 77.3 Å². The van der Waals surface area contributed by atoms with E-state index in [1.165, 1.54) is 23.5 Å². The van der Waals surface area contributed by atoms with E-state index < -0.39 is 16.0 Å². The lowest BCUT2D eigenvalue weighted by Crippen LogP contribution is -2.25. The lowest BCUT2D eigenvalue weighted by atomic mass is 10.1. The maximum absolute atomic E-state index is 13.3. The Morgan fingerprint density at radius 1 is 1.00 bits per heavy atom. The van der Waals surface area contributed by atoms with Crippen molar-refractivity contribution in [1.82, 2.24) is 4.57 Å². The first kappa shape index (κ1) is 27.0. The highest BCUT2D eigenvalue weighted by Crippen LogP contribution is 2.37. The third-order valence-corrected chi connectivity index (χ3v) is 8.93. The molecule has 4 aromatic rings. The number of aryl methyl sites for hydroxylation is 1. The number of carbonyl (C=O) groups is 1. The quantitative estimate of drug-likeness (QED) is 0.230. The molecule has 5 rings (SSSR count). The average Bonchev–Trinajstić information content (AvgIpc) is 3.49. The number of methoxy groups -OCH3 is 1. The minimum Gasteiger partial charge on any atom is -0.488 e. The SMILES string of the molecule is COC(=O)c1cc(N2CCCS2(=O)=O)cc(-n2c(C)ccc2-c2cc(Br)ccc2OCc2ccc(F)cc2)c1. The smallest absolute Gasteiger partial charge is 0.337 e. The Hall–Kier alpha value is -3.63. The number of benzene rings is 3. The van der Waals surface area contributed by atoms with Crippen molar-refractivity contribution in [2.75, 3.05) is 23.7 Å². The van der Waals surface area contributed by atoms with Crippen molar-refractivity contribution in [2.24, 2.45) is 0 Å². The molecular weight excluding hydrogens is 587 g/mol. The van der Waals surface area contributed by atoms with Crippen LogP contribution in [0.2, 0.25) is 0 Å². The molecule has 0 aliphatic carbocycles. The van der Waals surface area contributed by atoms with Gasteiger partial charge in [-0.3, -0.25) is 4.31 Å². The fourth-order valence-corrected chi connectivity index (χ4v) is 6.60. The molecule has 7 nitrogen and oxygen atoms in total. The number of rotatable bonds is 7. The molecular formula is C29H26BrFN2O5S. The molecule has 1 aliphatic rings. The lowest BCUT2D eigenvalue weighted by Gasteiger charge is -2.21. The number of hydrogen-bond donors (Lipinski definition) is 0. The molecule has 0 atom stereocenters. The topological polar surface area (TPSA) is 77.8 Å². The molecule has 0 bridgehead atoms. The second-order valence-electron chi connectivity index (χ2n) is 9.22. The van der Waals surface area contributed by atoms with Crippen molar-refractivity contribution in [1.29, 1.82) is 0 Å². The van der Waals surface area contributed by atoms with Gasteiger partial charge in [0.15, 0.2) is 0 Å². The van der Waals surface area contributed by atoms with Gasteiger partial charge in [-0.1, -0.05) is 28.1 Å². The zero-order chi connectivity index (χ0) is 27.7. The van der Waals surface area contributed by atoms with E-state index >= 15 is 0 Å². The molecule has 202 valence electrons. The van der Waals surface area contributed by atoms with E-state index in [1.807, 2.05) is 41.8 Å². The Labute approximate surface area is 235 Å². The van der Waals surface area contributed by atoms with E-state index in [4.69, 9.17) is 9.47 Å². The van der Waals surface area contributed by atoms with Crippen LogP contribution in [0.4, 0.5) is 10.1 Å². The number of nitrogens with zero attached hydrogens (tertiary/aromatic N) is 2. The van der Waals surface area contributed by atoms with E-state index in [-0.39, 0.29) is 23.7 Å². The molecule has 39 heavy (non-hydrogen) atoms. The third kappa shape index (κ3) is 5.58. The predicted octanol–water partition coefficient (Wildman–Crippen LogP) is 6.26. The van der Waals surface area contributed by atoms with E-state index in [2.05, 4.69) is 15.9 Å². The number of carbonyl (C=O) groups excluding carboxylic acids is 1. The maximum atomic E-state index is 13.3. The normalized spacial score (nSPS) is 14.4. The first-order valence-electron chi connectivity index (χ1n) is 12.3. The van der Waals surface area contributed by atoms with Crippen LogP contribution in [0, 0.1) is 12.7 Å². The molecule has 10 heteroatoms. The summed E-state index contributed by atoms with van der Waals surface area (Å²) >= 11 is 3.55. The van der Waals surface area contributed by atoms with Gasteiger partial charge in [-0.2, -0.15) is 0 Å². The minimum absolute atomic E-state index is 0.0609. The molecule has 0 unspecified atom stereocenters. The van der Waals surface area contributed by atoms with Crippen LogP contribution in [-0.4, -0.2) is 38.4 Å². The predicted molar refractivity (Wildman–Crippen MR) is 151 cm³/mol. The summed E-state index contributed by atoms with van der Waals surface area (Å²) in [7, 11) is -2.18. The minimum atomic E-state index is -3.47. The molecule has 0 amide bonds. The zero-order valence-corrected chi connectivity index (χ0v) is 23.8. The molecule has 0 spiro atoms. The first-order chi connectivity index (χ1) is 18.7. The second kappa shape index (κ2) is 10.9. The van der Waals surface area contributed by atoms with Crippen LogP contribution in [0.1, 0.15) is 28.0 Å². The average molecular weight is 614 g/mol. The summed E-state index contributed by atoms with van der Waals surface area (Å²) < 4.78 is 54.0. The monoisotopic (exact) mass is 612 g/mol. The van der Waals surface area contributed by atoms with Crippen molar-refractivity contribution in [3.05, 3.63) is 99.9 Å². The lowest BCUT2D eigenvalue weighted by molar-refractivity contribution is 0.0600. The fourth-order valence-electron chi connectivity index (χ4n) is 4.69. The molecule has 2 heterocycles. The van der Waals surface area contributed by atoms with Crippen molar-refractivity contribution < 1.29 is 27.1 Å². The van der Waals surface area contributed by atoms with Crippen LogP contribution in [-0.2, 0) is 21.4 Å². The number of anilines is 1. The molecule has 0 radical (unpaired) electrons. The highest BCUT2D eigenvalue weighted by molar-refractivity contribution is 9.10. The highest BCUT2D eigenvalue weighted by Gasteiger charge is 2.30. The maximum Gasteiger partial charge on any atom is 0.337 e. The first-order valence-corrected chi connectivity index (χ1v) is 14.7. The summed E-state index contributed by atoms with van der Waals surface area (Å²) in [4.78, 5) is 12.6. The highest BCUT2D eigenvalue weighted by atomic mass is 79.9. The van der Waals surface area contributed by atoms with Gasteiger partial charge in [0.1, 0.15) is 18.2 Å². The Morgan fingerprint density at radius 2 is 1.74 bits per heavy atom. The van der Waals surface area contributed by atoms with Crippen LogP contribution < -0.4 is 9.04 Å². The van der Waals surface area contributed by atoms with Crippen LogP contribution >= 0.6 is 15.9 Å². The Kier molecular flexibility index (Phi) is 7.51. The van der Waals surface area contributed by atoms with Gasteiger partial charge < -0.3 is 14.0 Å². The molecule has 1 aliphatic heterocycles. The molecule has 0 saturated carbocycles. The van der Waals surface area contributed by atoms with Gasteiger partial charge >= 0.3 is 5.97 Å². The zero-order valence-electron chi connectivity index (χ0n) is 21.4. The summed E-state index contributed by atoms with van der Waals surface area (Å²) in [6, 6.07) is 20.7. The summed E-state index contributed by atoms with van der Waals surface area (Å²) in [5.41, 5.74) is 4.50. The second-order valence-corrected chi connectivity index (χ2v) is 12.2. The number of esters is 1. The van der Waals surface area contributed by atoms with Gasteiger partial charge in [0.25, 0.3) is 0 Å². The molecule has 1 aromatic heterocycles. The van der Waals surface area contributed by atoms with Crippen molar-refractivity contribution in [3.63, 3.8) is 0 Å². The van der Waals surface area contributed by atoms with Gasteiger partial charge in [0.2, 0.25) is 10.0 Å². The number of aromatic nitrogens is 1. The van der Waals surface area contributed by atoms with Gasteiger partial charge in [-0.25, -0.2) is 17.6 Å². The van der Waals surface area contributed by atoms with E-state index in [1.54, 1.807) is 30.3 Å². The third-order valence-electron chi connectivity index (χ3n) is 6.57. The fraction of sp³-hybridized carbons (Fsp3) is 0.207. The van der Waals surface area contributed by atoms with E-state index in [0.717, 1.165) is 27.0 Å². The van der Waals surface area contributed by atoms with Crippen molar-refractivity contribution >= 4 is 37.6 Å². The number of ether oxygens (including phenoxy) is 2. The summed E-state index contributed by atoms with van der Waals surface area (Å²) in [5.74, 6) is -0.211. The standard InChI is InChI=1S/C29H26BrFN2O5S/c1-19-4-10-27(26-16-22(30)7-11-28(26)38-18-20-5-8-23(31)9-6-20)33(19)25-15-21(29(34)37-2)14-24(17-25)32-12-3-13-39(32,35)36/h4-11,14-17H,3,12-13,18H2,1-2H3. The van der Waals surface area contributed by atoms with Gasteiger partial charge in [-0.05, 0) is 79.6 Å². The van der Waals surface area contributed by atoms with E-state index in [9.17, 15) is 17.6 Å². The largest absolute Gasteiger partial charge is 0.488 e. The van der Waals surface area contributed by atoms with Crippen molar-refractivity contribution in [3.8, 4) is 22.7 Å². The van der Waals surface area contributed by atoms with Crippen LogP contribution in [0.3, 0.4) is 0 Å². The van der Waals surface area contributed by atoms with Gasteiger partial charge in [0, 0.05) is 28.0 Å². The number of hydrogen-bond acceptors (Lipinski definition) is 5. The Morgan fingerprint density at radius 3 is 2.44 bits per heavy atom. The van der Waals surface area contributed by atoms with Crippen molar-refractivity contribution in [2.45, 2.75) is 20.0 Å². The Balaban J connectivity index is 1.61. The number of sulfonamides is 1. The van der Waals surface area contributed by atoms with E-state index in [0.29, 0.717) is 30.1 Å². The Bertz CT molecular complexity index is 1650. The summed E-state index contributed by atoms with van der Waals surface area (Å²) in [6.45, 7) is 2.51. The van der Waals surface area contributed by atoms with Crippen LogP contribution in [0.25, 0.3) is 16.9 Å². The summed E-state index contributed by atoms with van der Waals surface area (Å²) in [5, 5.41) is 0. The molecule has 3 aromatic carbocycles.